The van der Waals surface area contributed by atoms with Gasteiger partial charge in [-0.2, -0.15) is 0 Å². The summed E-state index contributed by atoms with van der Waals surface area (Å²) in [4.78, 5) is 0. The normalized spacial score (nSPS) is 10.6. The van der Waals surface area contributed by atoms with Crippen molar-refractivity contribution >= 4 is 23.2 Å². The van der Waals surface area contributed by atoms with Gasteiger partial charge < -0.3 is 9.47 Å². The van der Waals surface area contributed by atoms with Gasteiger partial charge in [-0.3, -0.25) is 0 Å². The molecule has 3 aromatic rings. The molecule has 0 spiro atoms. The zero-order valence-corrected chi connectivity index (χ0v) is 15.6. The van der Waals surface area contributed by atoms with Crippen LogP contribution in [0.1, 0.15) is 12.5 Å². The van der Waals surface area contributed by atoms with Crippen molar-refractivity contribution in [1.29, 1.82) is 0 Å². The largest absolute Gasteiger partial charge is 0.496 e. The number of aryl methyl sites for hydroxylation is 1. The van der Waals surface area contributed by atoms with Gasteiger partial charge in [0.15, 0.2) is 5.75 Å². The molecule has 128 valence electrons. The van der Waals surface area contributed by atoms with E-state index in [9.17, 15) is 0 Å². The maximum absolute atomic E-state index is 6.34. The zero-order valence-electron chi connectivity index (χ0n) is 14.1. The average molecular weight is 373 g/mol. The van der Waals surface area contributed by atoms with Gasteiger partial charge in [-0.25, -0.2) is 0 Å². The molecule has 0 atom stereocenters. The van der Waals surface area contributed by atoms with E-state index in [2.05, 4.69) is 6.92 Å². The Hall–Kier alpha value is -2.16. The first kappa shape index (κ1) is 17.7. The fourth-order valence-electron chi connectivity index (χ4n) is 2.63. The lowest BCUT2D eigenvalue weighted by molar-refractivity contribution is 0.414. The van der Waals surface area contributed by atoms with E-state index in [1.165, 1.54) is 0 Å². The van der Waals surface area contributed by atoms with Gasteiger partial charge in [0.1, 0.15) is 11.5 Å². The molecule has 0 amide bonds. The van der Waals surface area contributed by atoms with Crippen LogP contribution in [-0.2, 0) is 6.42 Å². The molecule has 0 radical (unpaired) electrons. The molecule has 2 nitrogen and oxygen atoms in total. The van der Waals surface area contributed by atoms with Crippen LogP contribution in [0, 0.1) is 0 Å². The summed E-state index contributed by atoms with van der Waals surface area (Å²) >= 11 is 12.7. The van der Waals surface area contributed by atoms with E-state index in [1.807, 2.05) is 60.7 Å². The fraction of sp³-hybridized carbons (Fsp3) is 0.143. The Morgan fingerprint density at radius 1 is 0.880 bits per heavy atom. The molecule has 0 heterocycles. The molecule has 0 aliphatic heterocycles. The second-order valence-corrected chi connectivity index (χ2v) is 6.39. The predicted molar refractivity (Wildman–Crippen MR) is 104 cm³/mol. The zero-order chi connectivity index (χ0) is 17.8. The molecule has 3 rings (SSSR count). The predicted octanol–water partition coefficient (Wildman–Crippen LogP) is 7.02. The van der Waals surface area contributed by atoms with Gasteiger partial charge in [-0.05, 0) is 47.9 Å². The van der Waals surface area contributed by atoms with Crippen LogP contribution in [0.4, 0.5) is 0 Å². The summed E-state index contributed by atoms with van der Waals surface area (Å²) in [6.45, 7) is 2.05. The Bertz CT molecular complexity index is 853. The molecule has 3 aromatic carbocycles. The number of methoxy groups -OCH3 is 1. The number of halogens is 2. The highest BCUT2D eigenvalue weighted by Gasteiger charge is 2.13. The maximum Gasteiger partial charge on any atom is 0.164 e. The summed E-state index contributed by atoms with van der Waals surface area (Å²) in [5.41, 5.74) is 3.06. The molecule has 0 bridgehead atoms. The van der Waals surface area contributed by atoms with Crippen LogP contribution in [0.2, 0.25) is 10.0 Å². The smallest absolute Gasteiger partial charge is 0.164 e. The maximum atomic E-state index is 6.34. The highest BCUT2D eigenvalue weighted by Crippen LogP contribution is 2.40. The summed E-state index contributed by atoms with van der Waals surface area (Å²) in [6.07, 6.45) is 0.862. The van der Waals surface area contributed by atoms with E-state index in [-0.39, 0.29) is 0 Å². The van der Waals surface area contributed by atoms with Crippen molar-refractivity contribution in [2.45, 2.75) is 13.3 Å². The van der Waals surface area contributed by atoms with Crippen molar-refractivity contribution in [1.82, 2.24) is 0 Å². The molecule has 0 fully saturated rings. The molecule has 0 aliphatic carbocycles. The van der Waals surface area contributed by atoms with E-state index in [0.717, 1.165) is 28.9 Å². The summed E-state index contributed by atoms with van der Waals surface area (Å²) < 4.78 is 11.5. The second kappa shape index (κ2) is 7.81. The van der Waals surface area contributed by atoms with E-state index in [1.54, 1.807) is 7.11 Å². The van der Waals surface area contributed by atoms with E-state index in [0.29, 0.717) is 21.5 Å². The molecule has 0 saturated carbocycles. The minimum atomic E-state index is 0.463. The van der Waals surface area contributed by atoms with Crippen LogP contribution in [0.5, 0.6) is 17.2 Å². The molecule has 0 unspecified atom stereocenters. The van der Waals surface area contributed by atoms with Crippen molar-refractivity contribution in [2.24, 2.45) is 0 Å². The first-order valence-electron chi connectivity index (χ1n) is 8.01. The Morgan fingerprint density at radius 3 is 2.16 bits per heavy atom. The number of hydrogen-bond donors (Lipinski definition) is 0. The van der Waals surface area contributed by atoms with Crippen molar-refractivity contribution < 1.29 is 9.47 Å². The monoisotopic (exact) mass is 372 g/mol. The van der Waals surface area contributed by atoms with Crippen LogP contribution < -0.4 is 9.47 Å². The Balaban J connectivity index is 2.00. The first-order chi connectivity index (χ1) is 12.1. The first-order valence-corrected chi connectivity index (χ1v) is 8.77. The van der Waals surface area contributed by atoms with Crippen LogP contribution in [0.3, 0.4) is 0 Å². The third-order valence-corrected chi connectivity index (χ3v) is 4.50. The minimum Gasteiger partial charge on any atom is -0.496 e. The van der Waals surface area contributed by atoms with E-state index in [4.69, 9.17) is 32.7 Å². The average Bonchev–Trinajstić information content (AvgIpc) is 2.65. The molecule has 0 saturated heterocycles. The molecule has 4 heteroatoms. The molecule has 0 aliphatic rings. The third-order valence-electron chi connectivity index (χ3n) is 3.94. The quantitative estimate of drug-likeness (QED) is 0.478. The second-order valence-electron chi connectivity index (χ2n) is 5.57. The van der Waals surface area contributed by atoms with E-state index >= 15 is 0 Å². The van der Waals surface area contributed by atoms with Crippen molar-refractivity contribution in [3.63, 3.8) is 0 Å². The van der Waals surface area contributed by atoms with Crippen LogP contribution in [0.25, 0.3) is 11.1 Å². The number of rotatable bonds is 5. The van der Waals surface area contributed by atoms with Crippen LogP contribution >= 0.6 is 23.2 Å². The minimum absolute atomic E-state index is 0.463. The number of benzene rings is 3. The molecule has 0 N–H and O–H groups in total. The standard InChI is InChI=1S/C21H18Cl2O2/c1-3-14-11-18(22)21(19(23)12-14)25-16-9-10-20(24-2)17(13-16)15-7-5-4-6-8-15/h4-13H,3H2,1-2H3. The van der Waals surface area contributed by atoms with Crippen LogP contribution in [0.15, 0.2) is 60.7 Å². The van der Waals surface area contributed by atoms with Crippen molar-refractivity contribution in [3.05, 3.63) is 76.3 Å². The topological polar surface area (TPSA) is 18.5 Å². The van der Waals surface area contributed by atoms with E-state index < -0.39 is 0 Å². The van der Waals surface area contributed by atoms with Gasteiger partial charge >= 0.3 is 0 Å². The summed E-state index contributed by atoms with van der Waals surface area (Å²) in [5, 5.41) is 1.00. The van der Waals surface area contributed by atoms with Gasteiger partial charge in [0, 0.05) is 5.56 Å². The highest BCUT2D eigenvalue weighted by atomic mass is 35.5. The van der Waals surface area contributed by atoms with Crippen LogP contribution in [-0.4, -0.2) is 7.11 Å². The fourth-order valence-corrected chi connectivity index (χ4v) is 3.24. The van der Waals surface area contributed by atoms with Gasteiger partial charge in [0.05, 0.1) is 17.2 Å². The van der Waals surface area contributed by atoms with Crippen molar-refractivity contribution in [2.75, 3.05) is 7.11 Å². The third kappa shape index (κ3) is 3.92. The molecular weight excluding hydrogens is 355 g/mol. The number of ether oxygens (including phenoxy) is 2. The van der Waals surface area contributed by atoms with Gasteiger partial charge in [-0.15, -0.1) is 0 Å². The molecular formula is C21H18Cl2O2. The van der Waals surface area contributed by atoms with Crippen molar-refractivity contribution in [3.8, 4) is 28.4 Å². The van der Waals surface area contributed by atoms with Gasteiger partial charge in [-0.1, -0.05) is 60.5 Å². The SMILES string of the molecule is CCc1cc(Cl)c(Oc2ccc(OC)c(-c3ccccc3)c2)c(Cl)c1. The summed E-state index contributed by atoms with van der Waals surface area (Å²) in [6, 6.07) is 19.4. The summed E-state index contributed by atoms with van der Waals surface area (Å²) in [7, 11) is 1.65. The lowest BCUT2D eigenvalue weighted by atomic mass is 10.0. The summed E-state index contributed by atoms with van der Waals surface area (Å²) in [5.74, 6) is 1.88. The molecule has 0 aromatic heterocycles. The van der Waals surface area contributed by atoms with Gasteiger partial charge in [0.2, 0.25) is 0 Å². The lowest BCUT2D eigenvalue weighted by Crippen LogP contribution is -1.92. The Labute approximate surface area is 157 Å². The highest BCUT2D eigenvalue weighted by molar-refractivity contribution is 6.37. The molecule has 25 heavy (non-hydrogen) atoms. The lowest BCUT2D eigenvalue weighted by Gasteiger charge is -2.14. The Morgan fingerprint density at radius 2 is 1.56 bits per heavy atom. The Kier molecular flexibility index (Phi) is 5.52. The number of hydrogen-bond acceptors (Lipinski definition) is 2. The van der Waals surface area contributed by atoms with Gasteiger partial charge in [0.25, 0.3) is 0 Å².